The first-order valence-corrected chi connectivity index (χ1v) is 10.9. The fraction of sp³-hybridized carbons (Fsp3) is 0.565. The lowest BCUT2D eigenvalue weighted by Gasteiger charge is -2.38. The summed E-state index contributed by atoms with van der Waals surface area (Å²) in [4.78, 5) is 55.7. The van der Waals surface area contributed by atoms with Gasteiger partial charge in [-0.3, -0.25) is 19.3 Å². The molecule has 2 aliphatic heterocycles. The van der Waals surface area contributed by atoms with Gasteiger partial charge in [-0.05, 0) is 52.0 Å². The molecule has 3 amide bonds. The summed E-state index contributed by atoms with van der Waals surface area (Å²) < 4.78 is 5.32. The molecule has 0 bridgehead atoms. The van der Waals surface area contributed by atoms with E-state index in [-0.39, 0.29) is 30.7 Å². The van der Waals surface area contributed by atoms with Crippen molar-refractivity contribution >= 4 is 29.4 Å². The summed E-state index contributed by atoms with van der Waals surface area (Å²) in [6.07, 6.45) is -0.510. The van der Waals surface area contributed by atoms with E-state index in [2.05, 4.69) is 4.90 Å². The molecule has 32 heavy (non-hydrogen) atoms. The molecule has 0 spiro atoms. The lowest BCUT2D eigenvalue weighted by molar-refractivity contribution is -0.143. The van der Waals surface area contributed by atoms with E-state index in [1.54, 1.807) is 32.6 Å². The molecule has 0 aliphatic carbocycles. The first-order valence-electron chi connectivity index (χ1n) is 10.9. The van der Waals surface area contributed by atoms with Crippen LogP contribution in [0.3, 0.4) is 0 Å². The molecule has 2 fully saturated rings. The molecule has 2 saturated heterocycles. The molecule has 0 N–H and O–H groups in total. The molecule has 0 atom stereocenters. The summed E-state index contributed by atoms with van der Waals surface area (Å²) in [5, 5.41) is 0. The fourth-order valence-electron chi connectivity index (χ4n) is 3.74. The Kier molecular flexibility index (Phi) is 7.06. The first kappa shape index (κ1) is 23.6. The van der Waals surface area contributed by atoms with Crippen molar-refractivity contribution in [3.05, 3.63) is 29.8 Å². The standard InChI is InChI=1S/C23H32N4O5/c1-17(28)18-5-7-19(8-6-18)24-9-11-25(12-10-24)20(29)15-26-13-14-27(16-21(26)30)22(31)32-23(2,3)4/h5-8H,9-16H2,1-4H3. The van der Waals surface area contributed by atoms with Crippen LogP contribution in [0.5, 0.6) is 0 Å². The summed E-state index contributed by atoms with van der Waals surface area (Å²) in [5.74, 6) is -0.302. The van der Waals surface area contributed by atoms with E-state index in [1.807, 2.05) is 24.3 Å². The first-order chi connectivity index (χ1) is 15.0. The number of carbonyl (C=O) groups excluding carboxylic acids is 4. The molecule has 9 heteroatoms. The number of rotatable bonds is 4. The van der Waals surface area contributed by atoms with Crippen molar-refractivity contribution in [3.63, 3.8) is 0 Å². The number of amides is 3. The highest BCUT2D eigenvalue weighted by Crippen LogP contribution is 2.18. The maximum absolute atomic E-state index is 12.7. The van der Waals surface area contributed by atoms with Crippen molar-refractivity contribution in [2.45, 2.75) is 33.3 Å². The molecule has 0 unspecified atom stereocenters. The van der Waals surface area contributed by atoms with Gasteiger partial charge in [0.1, 0.15) is 12.1 Å². The zero-order valence-electron chi connectivity index (χ0n) is 19.3. The van der Waals surface area contributed by atoms with Crippen molar-refractivity contribution in [1.29, 1.82) is 0 Å². The number of hydrogen-bond acceptors (Lipinski definition) is 6. The van der Waals surface area contributed by atoms with E-state index in [9.17, 15) is 19.2 Å². The Balaban J connectivity index is 1.46. The second-order valence-electron chi connectivity index (χ2n) is 9.19. The zero-order valence-corrected chi connectivity index (χ0v) is 19.3. The van der Waals surface area contributed by atoms with Crippen molar-refractivity contribution in [2.24, 2.45) is 0 Å². The van der Waals surface area contributed by atoms with Crippen LogP contribution < -0.4 is 4.90 Å². The van der Waals surface area contributed by atoms with Gasteiger partial charge in [0, 0.05) is 50.5 Å². The van der Waals surface area contributed by atoms with Crippen LogP contribution in [0.4, 0.5) is 10.5 Å². The minimum Gasteiger partial charge on any atom is -0.444 e. The van der Waals surface area contributed by atoms with Crippen LogP contribution in [0.15, 0.2) is 24.3 Å². The molecule has 2 heterocycles. The Morgan fingerprint density at radius 1 is 0.906 bits per heavy atom. The molecule has 0 saturated carbocycles. The van der Waals surface area contributed by atoms with E-state index in [4.69, 9.17) is 4.74 Å². The van der Waals surface area contributed by atoms with Gasteiger partial charge in [0.05, 0.1) is 6.54 Å². The van der Waals surface area contributed by atoms with E-state index < -0.39 is 11.7 Å². The van der Waals surface area contributed by atoms with Crippen molar-refractivity contribution in [1.82, 2.24) is 14.7 Å². The fourth-order valence-corrected chi connectivity index (χ4v) is 3.74. The van der Waals surface area contributed by atoms with E-state index in [0.29, 0.717) is 44.8 Å². The number of nitrogens with zero attached hydrogens (tertiary/aromatic N) is 4. The summed E-state index contributed by atoms with van der Waals surface area (Å²) in [6, 6.07) is 7.49. The topological polar surface area (TPSA) is 90.5 Å². The maximum Gasteiger partial charge on any atom is 0.410 e. The highest BCUT2D eigenvalue weighted by molar-refractivity contribution is 5.94. The van der Waals surface area contributed by atoms with Crippen molar-refractivity contribution in [3.8, 4) is 0 Å². The molecule has 9 nitrogen and oxygen atoms in total. The number of Topliss-reactive ketones (excluding diaryl/α,β-unsaturated/α-hetero) is 1. The average molecular weight is 445 g/mol. The van der Waals surface area contributed by atoms with E-state index in [1.165, 1.54) is 9.80 Å². The highest BCUT2D eigenvalue weighted by Gasteiger charge is 2.32. The Hall–Kier alpha value is -3.10. The SMILES string of the molecule is CC(=O)c1ccc(N2CCN(C(=O)CN3CCN(C(=O)OC(C)(C)C)CC3=O)CC2)cc1. The summed E-state index contributed by atoms with van der Waals surface area (Å²) in [5.41, 5.74) is 1.08. The normalized spacial score (nSPS) is 17.4. The van der Waals surface area contributed by atoms with Gasteiger partial charge >= 0.3 is 6.09 Å². The maximum atomic E-state index is 12.7. The largest absolute Gasteiger partial charge is 0.444 e. The van der Waals surface area contributed by atoms with E-state index in [0.717, 1.165) is 5.69 Å². The summed E-state index contributed by atoms with van der Waals surface area (Å²) in [7, 11) is 0. The number of carbonyl (C=O) groups is 4. The number of hydrogen-bond donors (Lipinski definition) is 0. The molecular weight excluding hydrogens is 412 g/mol. The quantitative estimate of drug-likeness (QED) is 0.656. The Labute approximate surface area is 188 Å². The van der Waals surface area contributed by atoms with Crippen LogP contribution in [0.1, 0.15) is 38.1 Å². The van der Waals surface area contributed by atoms with Crippen molar-refractivity contribution in [2.75, 3.05) is 57.3 Å². The van der Waals surface area contributed by atoms with Crippen LogP contribution in [0, 0.1) is 0 Å². The Bertz CT molecular complexity index is 869. The van der Waals surface area contributed by atoms with Gasteiger partial charge in [-0.1, -0.05) is 0 Å². The molecule has 1 aromatic carbocycles. The summed E-state index contributed by atoms with van der Waals surface area (Å²) in [6.45, 7) is 10.00. The molecule has 174 valence electrons. The van der Waals surface area contributed by atoms with Gasteiger partial charge < -0.3 is 19.4 Å². The zero-order chi connectivity index (χ0) is 23.5. The third-order valence-corrected chi connectivity index (χ3v) is 5.57. The van der Waals surface area contributed by atoms with Crippen LogP contribution in [-0.2, 0) is 14.3 Å². The monoisotopic (exact) mass is 444 g/mol. The van der Waals surface area contributed by atoms with Gasteiger partial charge in [0.15, 0.2) is 5.78 Å². The average Bonchev–Trinajstić information content (AvgIpc) is 2.74. The second kappa shape index (κ2) is 9.58. The molecular formula is C23H32N4O5. The predicted octanol–water partition coefficient (Wildman–Crippen LogP) is 1.62. The van der Waals surface area contributed by atoms with Crippen LogP contribution in [0.2, 0.25) is 0 Å². The third-order valence-electron chi connectivity index (χ3n) is 5.57. The lowest BCUT2D eigenvalue weighted by atomic mass is 10.1. The lowest BCUT2D eigenvalue weighted by Crippen LogP contribution is -2.57. The number of piperazine rings is 2. The second-order valence-corrected chi connectivity index (χ2v) is 9.19. The van der Waals surface area contributed by atoms with Crippen LogP contribution in [0.25, 0.3) is 0 Å². The smallest absolute Gasteiger partial charge is 0.410 e. The van der Waals surface area contributed by atoms with Gasteiger partial charge in [-0.2, -0.15) is 0 Å². The van der Waals surface area contributed by atoms with Gasteiger partial charge in [0.2, 0.25) is 11.8 Å². The number of ketones is 1. The van der Waals surface area contributed by atoms with E-state index >= 15 is 0 Å². The van der Waals surface area contributed by atoms with Crippen molar-refractivity contribution < 1.29 is 23.9 Å². The molecule has 3 rings (SSSR count). The highest BCUT2D eigenvalue weighted by atomic mass is 16.6. The van der Waals surface area contributed by atoms with Crippen LogP contribution >= 0.6 is 0 Å². The summed E-state index contributed by atoms with van der Waals surface area (Å²) >= 11 is 0. The van der Waals surface area contributed by atoms with Crippen LogP contribution in [-0.4, -0.2) is 96.3 Å². The predicted molar refractivity (Wildman–Crippen MR) is 120 cm³/mol. The third kappa shape index (κ3) is 5.99. The Morgan fingerprint density at radius 3 is 2.03 bits per heavy atom. The molecule has 2 aliphatic rings. The molecule has 1 aromatic rings. The Morgan fingerprint density at radius 2 is 1.50 bits per heavy atom. The number of ether oxygens (including phenoxy) is 1. The number of benzene rings is 1. The molecule has 0 radical (unpaired) electrons. The number of anilines is 1. The van der Waals surface area contributed by atoms with Gasteiger partial charge in [-0.25, -0.2) is 4.79 Å². The minimum atomic E-state index is -0.620. The molecule has 0 aromatic heterocycles. The van der Waals surface area contributed by atoms with Gasteiger partial charge in [0.25, 0.3) is 0 Å². The minimum absolute atomic E-state index is 0.0221. The van der Waals surface area contributed by atoms with Gasteiger partial charge in [-0.15, -0.1) is 0 Å².